The average Bonchev–Trinajstić information content (AvgIpc) is 2.34. The van der Waals surface area contributed by atoms with Gasteiger partial charge in [0.05, 0.1) is 0 Å². The summed E-state index contributed by atoms with van der Waals surface area (Å²) >= 11 is 0. The Kier molecular flexibility index (Phi) is 2.24. The normalized spacial score (nSPS) is 25.4. The maximum atomic E-state index is 10.8. The van der Waals surface area contributed by atoms with Crippen LogP contribution in [-0.4, -0.2) is 29.9 Å². The first-order chi connectivity index (χ1) is 4.74. The van der Waals surface area contributed by atoms with Gasteiger partial charge in [-0.15, -0.1) is 0 Å². The molecule has 3 N–H and O–H groups in total. The van der Waals surface area contributed by atoms with Crippen molar-refractivity contribution in [2.45, 2.75) is 19.4 Å². The number of rotatable bonds is 1. The molecule has 1 fully saturated rings. The first kappa shape index (κ1) is 7.50. The summed E-state index contributed by atoms with van der Waals surface area (Å²) < 4.78 is 0. The molecule has 1 heterocycles. The molecule has 1 amide bonds. The second kappa shape index (κ2) is 2.98. The predicted octanol–water partition coefficient (Wildman–Crippen LogP) is -0.929. The summed E-state index contributed by atoms with van der Waals surface area (Å²) in [4.78, 5) is 12.6. The number of hydrazine groups is 1. The van der Waals surface area contributed by atoms with Crippen LogP contribution in [0.2, 0.25) is 0 Å². The highest BCUT2D eigenvalue weighted by atomic mass is 16.2. The highest BCUT2D eigenvalue weighted by Gasteiger charge is 2.22. The van der Waals surface area contributed by atoms with E-state index >= 15 is 0 Å². The zero-order chi connectivity index (χ0) is 7.56. The van der Waals surface area contributed by atoms with Crippen LogP contribution in [0.1, 0.15) is 13.3 Å². The van der Waals surface area contributed by atoms with Crippen LogP contribution in [0.4, 0.5) is 0 Å². The molecule has 1 aliphatic rings. The predicted molar refractivity (Wildman–Crippen MR) is 38.0 cm³/mol. The third-order valence-corrected chi connectivity index (χ3v) is 1.87. The quantitative estimate of drug-likeness (QED) is 0.368. The van der Waals surface area contributed by atoms with Crippen molar-refractivity contribution < 1.29 is 4.79 Å². The van der Waals surface area contributed by atoms with Gasteiger partial charge in [0.25, 0.3) is 0 Å². The molecular weight excluding hydrogens is 130 g/mol. The number of likely N-dealkylation sites (tertiary alicyclic amines) is 1. The van der Waals surface area contributed by atoms with Crippen molar-refractivity contribution in [3.05, 3.63) is 0 Å². The molecule has 1 rings (SSSR count). The summed E-state index contributed by atoms with van der Waals surface area (Å²) in [5.41, 5.74) is 2.65. The standard InChI is InChI=1S/C6H13N3O/c1-5(10)9-3-2-6(4-9)8-7/h6,8H,2-4,7H2,1H3. The number of nitrogens with one attached hydrogen (secondary N) is 1. The summed E-state index contributed by atoms with van der Waals surface area (Å²) in [6, 6.07) is 0.295. The summed E-state index contributed by atoms with van der Waals surface area (Å²) in [6.07, 6.45) is 0.968. The number of nitrogens with zero attached hydrogens (tertiary/aromatic N) is 1. The molecule has 1 aliphatic heterocycles. The number of amides is 1. The molecule has 0 bridgehead atoms. The Balaban J connectivity index is 2.35. The van der Waals surface area contributed by atoms with Gasteiger partial charge in [0.1, 0.15) is 0 Å². The molecule has 0 aromatic heterocycles. The van der Waals surface area contributed by atoms with Gasteiger partial charge in [0, 0.05) is 26.1 Å². The summed E-state index contributed by atoms with van der Waals surface area (Å²) in [7, 11) is 0. The lowest BCUT2D eigenvalue weighted by Gasteiger charge is -2.12. The lowest BCUT2D eigenvalue weighted by molar-refractivity contribution is -0.127. The maximum Gasteiger partial charge on any atom is 0.219 e. The van der Waals surface area contributed by atoms with Gasteiger partial charge in [-0.25, -0.2) is 0 Å². The molecule has 0 radical (unpaired) electrons. The fraction of sp³-hybridized carbons (Fsp3) is 0.833. The van der Waals surface area contributed by atoms with E-state index in [2.05, 4.69) is 5.43 Å². The van der Waals surface area contributed by atoms with Crippen molar-refractivity contribution in [1.82, 2.24) is 10.3 Å². The second-order valence-corrected chi connectivity index (χ2v) is 2.62. The number of carbonyl (C=O) groups is 1. The molecule has 0 aromatic rings. The summed E-state index contributed by atoms with van der Waals surface area (Å²) in [5.74, 6) is 5.35. The van der Waals surface area contributed by atoms with E-state index in [1.807, 2.05) is 0 Å². The number of hydrogen-bond donors (Lipinski definition) is 2. The zero-order valence-electron chi connectivity index (χ0n) is 6.13. The molecule has 4 heteroatoms. The van der Waals surface area contributed by atoms with Crippen LogP contribution in [0, 0.1) is 0 Å². The smallest absolute Gasteiger partial charge is 0.219 e. The van der Waals surface area contributed by atoms with Crippen molar-refractivity contribution in [1.29, 1.82) is 0 Å². The molecule has 0 spiro atoms. The molecule has 1 unspecified atom stereocenters. The first-order valence-corrected chi connectivity index (χ1v) is 3.45. The molecule has 1 atom stereocenters. The Bertz CT molecular complexity index is 137. The topological polar surface area (TPSA) is 58.4 Å². The fourth-order valence-electron chi connectivity index (χ4n) is 1.18. The van der Waals surface area contributed by atoms with Gasteiger partial charge in [-0.1, -0.05) is 0 Å². The molecule has 0 saturated carbocycles. The molecule has 4 nitrogen and oxygen atoms in total. The van der Waals surface area contributed by atoms with Gasteiger partial charge >= 0.3 is 0 Å². The Hall–Kier alpha value is -0.610. The van der Waals surface area contributed by atoms with E-state index in [0.29, 0.717) is 6.04 Å². The van der Waals surface area contributed by atoms with Gasteiger partial charge < -0.3 is 4.90 Å². The number of hydrogen-bond acceptors (Lipinski definition) is 3. The average molecular weight is 143 g/mol. The molecule has 10 heavy (non-hydrogen) atoms. The maximum absolute atomic E-state index is 10.8. The third kappa shape index (κ3) is 1.46. The molecule has 0 aliphatic carbocycles. The summed E-state index contributed by atoms with van der Waals surface area (Å²) in [5, 5.41) is 0. The highest BCUT2D eigenvalue weighted by Crippen LogP contribution is 2.07. The van der Waals surface area contributed by atoms with Gasteiger partial charge in [0.2, 0.25) is 5.91 Å². The van der Waals surface area contributed by atoms with E-state index in [1.54, 1.807) is 11.8 Å². The van der Waals surface area contributed by atoms with E-state index in [0.717, 1.165) is 19.5 Å². The fourth-order valence-corrected chi connectivity index (χ4v) is 1.18. The minimum absolute atomic E-state index is 0.137. The molecular formula is C6H13N3O. The van der Waals surface area contributed by atoms with Gasteiger partial charge in [-0.3, -0.25) is 16.1 Å². The van der Waals surface area contributed by atoms with Crippen LogP contribution < -0.4 is 11.3 Å². The number of carbonyl (C=O) groups excluding carboxylic acids is 1. The van der Waals surface area contributed by atoms with Crippen LogP contribution in [-0.2, 0) is 4.79 Å². The Morgan fingerprint density at radius 3 is 2.80 bits per heavy atom. The van der Waals surface area contributed by atoms with E-state index in [9.17, 15) is 4.79 Å². The lowest BCUT2D eigenvalue weighted by atomic mass is 10.3. The van der Waals surface area contributed by atoms with Crippen LogP contribution in [0.5, 0.6) is 0 Å². The van der Waals surface area contributed by atoms with Crippen LogP contribution in [0.25, 0.3) is 0 Å². The zero-order valence-corrected chi connectivity index (χ0v) is 6.13. The van der Waals surface area contributed by atoms with Crippen molar-refractivity contribution >= 4 is 5.91 Å². The van der Waals surface area contributed by atoms with Crippen molar-refractivity contribution in [2.24, 2.45) is 5.84 Å². The summed E-state index contributed by atoms with van der Waals surface area (Å²) in [6.45, 7) is 3.18. The minimum atomic E-state index is 0.137. The van der Waals surface area contributed by atoms with Gasteiger partial charge in [-0.2, -0.15) is 0 Å². The van der Waals surface area contributed by atoms with E-state index in [4.69, 9.17) is 5.84 Å². The van der Waals surface area contributed by atoms with Crippen molar-refractivity contribution in [3.8, 4) is 0 Å². The van der Waals surface area contributed by atoms with Crippen molar-refractivity contribution in [2.75, 3.05) is 13.1 Å². The minimum Gasteiger partial charge on any atom is -0.341 e. The molecule has 0 aromatic carbocycles. The Morgan fingerprint density at radius 2 is 2.50 bits per heavy atom. The van der Waals surface area contributed by atoms with Crippen LogP contribution >= 0.6 is 0 Å². The highest BCUT2D eigenvalue weighted by molar-refractivity contribution is 5.73. The van der Waals surface area contributed by atoms with Crippen LogP contribution in [0.15, 0.2) is 0 Å². The molecule has 58 valence electrons. The monoisotopic (exact) mass is 143 g/mol. The lowest BCUT2D eigenvalue weighted by Crippen LogP contribution is -2.38. The van der Waals surface area contributed by atoms with Gasteiger partial charge in [0.15, 0.2) is 0 Å². The molecule has 1 saturated heterocycles. The Labute approximate surface area is 60.3 Å². The van der Waals surface area contributed by atoms with Gasteiger partial charge in [-0.05, 0) is 6.42 Å². The van der Waals surface area contributed by atoms with E-state index in [1.165, 1.54) is 0 Å². The largest absolute Gasteiger partial charge is 0.341 e. The third-order valence-electron chi connectivity index (χ3n) is 1.87. The van der Waals surface area contributed by atoms with E-state index < -0.39 is 0 Å². The second-order valence-electron chi connectivity index (χ2n) is 2.62. The SMILES string of the molecule is CC(=O)N1CCC(NN)C1. The first-order valence-electron chi connectivity index (χ1n) is 3.45. The Morgan fingerprint density at radius 1 is 1.80 bits per heavy atom. The van der Waals surface area contributed by atoms with Crippen LogP contribution in [0.3, 0.4) is 0 Å². The van der Waals surface area contributed by atoms with Crippen molar-refractivity contribution in [3.63, 3.8) is 0 Å². The number of nitrogens with two attached hydrogens (primary N) is 1. The van der Waals surface area contributed by atoms with E-state index in [-0.39, 0.29) is 5.91 Å².